The van der Waals surface area contributed by atoms with Gasteiger partial charge in [-0.1, -0.05) is 41.9 Å². The van der Waals surface area contributed by atoms with E-state index in [1.54, 1.807) is 6.08 Å². The van der Waals surface area contributed by atoms with Gasteiger partial charge in [-0.25, -0.2) is 4.79 Å². The van der Waals surface area contributed by atoms with E-state index >= 15 is 0 Å². The number of imide groups is 1. The van der Waals surface area contributed by atoms with Gasteiger partial charge < -0.3 is 9.88 Å². The molecule has 1 aliphatic heterocycles. The zero-order valence-corrected chi connectivity index (χ0v) is 13.9. The number of carbonyl (C=O) groups excluding carboxylic acids is 2. The number of amides is 3. The summed E-state index contributed by atoms with van der Waals surface area (Å²) in [5.74, 6) is -0.417. The fraction of sp³-hybridized carbons (Fsp3) is 0.0526. The Kier molecular flexibility index (Phi) is 3.78. The van der Waals surface area contributed by atoms with Crippen molar-refractivity contribution in [1.29, 1.82) is 0 Å². The lowest BCUT2D eigenvalue weighted by Crippen LogP contribution is -2.22. The first-order valence-corrected chi connectivity index (χ1v) is 8.14. The van der Waals surface area contributed by atoms with Crippen molar-refractivity contribution in [1.82, 2.24) is 15.2 Å². The van der Waals surface area contributed by atoms with Crippen LogP contribution in [0.25, 0.3) is 17.0 Å². The maximum atomic E-state index is 11.8. The maximum Gasteiger partial charge on any atom is 0.326 e. The van der Waals surface area contributed by atoms with E-state index in [2.05, 4.69) is 15.2 Å². The van der Waals surface area contributed by atoms with Crippen molar-refractivity contribution in [2.75, 3.05) is 0 Å². The molecule has 1 aromatic heterocycles. The number of hydrogen-bond donors (Lipinski definition) is 2. The number of rotatable bonds is 3. The monoisotopic (exact) mass is 351 g/mol. The van der Waals surface area contributed by atoms with Gasteiger partial charge in [0.2, 0.25) is 0 Å². The molecule has 0 bridgehead atoms. The van der Waals surface area contributed by atoms with Crippen LogP contribution in [0, 0.1) is 0 Å². The van der Waals surface area contributed by atoms with Crippen molar-refractivity contribution in [2.24, 2.45) is 0 Å². The Morgan fingerprint density at radius 1 is 1.00 bits per heavy atom. The van der Waals surface area contributed by atoms with Crippen molar-refractivity contribution >= 4 is 40.5 Å². The van der Waals surface area contributed by atoms with Gasteiger partial charge in [-0.05, 0) is 29.8 Å². The minimum atomic E-state index is -0.499. The minimum Gasteiger partial charge on any atom is -0.342 e. The molecule has 0 spiro atoms. The Balaban J connectivity index is 1.76. The number of benzene rings is 2. The average molecular weight is 352 g/mol. The molecule has 0 atom stereocenters. The maximum absolute atomic E-state index is 11.8. The Labute approximate surface area is 148 Å². The zero-order valence-electron chi connectivity index (χ0n) is 13.1. The second-order valence-corrected chi connectivity index (χ2v) is 6.26. The van der Waals surface area contributed by atoms with Gasteiger partial charge in [0, 0.05) is 34.2 Å². The predicted octanol–water partition coefficient (Wildman–Crippen LogP) is 3.52. The van der Waals surface area contributed by atoms with Gasteiger partial charge in [-0.3, -0.25) is 10.1 Å². The molecule has 5 nitrogen and oxygen atoms in total. The summed E-state index contributed by atoms with van der Waals surface area (Å²) in [4.78, 5) is 23.1. The smallest absolute Gasteiger partial charge is 0.326 e. The average Bonchev–Trinajstić information content (AvgIpc) is 3.10. The lowest BCUT2D eigenvalue weighted by atomic mass is 10.1. The second-order valence-electron chi connectivity index (χ2n) is 5.82. The molecule has 2 aromatic carbocycles. The summed E-state index contributed by atoms with van der Waals surface area (Å²) < 4.78 is 2.11. The van der Waals surface area contributed by atoms with Crippen molar-refractivity contribution < 1.29 is 9.59 Å². The van der Waals surface area contributed by atoms with Gasteiger partial charge in [0.05, 0.1) is 0 Å². The number of para-hydroxylation sites is 1. The SMILES string of the molecule is O=C1NC(=O)/C(=C/c2cn(Cc3ccc(Cl)cc3)c3ccccc23)N1. The third-order valence-electron chi connectivity index (χ3n) is 4.11. The zero-order chi connectivity index (χ0) is 17.4. The molecule has 0 aliphatic carbocycles. The van der Waals surface area contributed by atoms with E-state index < -0.39 is 11.9 Å². The molecule has 1 saturated heterocycles. The second kappa shape index (κ2) is 6.11. The summed E-state index contributed by atoms with van der Waals surface area (Å²) in [5.41, 5.74) is 3.29. The van der Waals surface area contributed by atoms with Crippen LogP contribution in [0.2, 0.25) is 5.02 Å². The summed E-state index contributed by atoms with van der Waals surface area (Å²) >= 11 is 5.95. The highest BCUT2D eigenvalue weighted by molar-refractivity contribution is 6.30. The minimum absolute atomic E-state index is 0.249. The van der Waals surface area contributed by atoms with E-state index in [4.69, 9.17) is 11.6 Å². The number of nitrogens with zero attached hydrogens (tertiary/aromatic N) is 1. The van der Waals surface area contributed by atoms with Crippen LogP contribution in [-0.4, -0.2) is 16.5 Å². The molecule has 0 radical (unpaired) electrons. The van der Waals surface area contributed by atoms with Crippen molar-refractivity contribution in [3.63, 3.8) is 0 Å². The normalized spacial score (nSPS) is 15.6. The van der Waals surface area contributed by atoms with E-state index in [-0.39, 0.29) is 5.70 Å². The van der Waals surface area contributed by atoms with E-state index in [1.807, 2.05) is 54.7 Å². The van der Waals surface area contributed by atoms with Crippen LogP contribution in [0.1, 0.15) is 11.1 Å². The number of carbonyl (C=O) groups is 2. The third-order valence-corrected chi connectivity index (χ3v) is 4.36. The fourth-order valence-electron chi connectivity index (χ4n) is 2.95. The molecule has 6 heteroatoms. The molecule has 2 heterocycles. The van der Waals surface area contributed by atoms with Crippen LogP contribution in [0.4, 0.5) is 4.79 Å². The first-order valence-electron chi connectivity index (χ1n) is 7.76. The number of aromatic nitrogens is 1. The largest absolute Gasteiger partial charge is 0.342 e. The van der Waals surface area contributed by atoms with Crippen LogP contribution in [0.3, 0.4) is 0 Å². The highest BCUT2D eigenvalue weighted by Gasteiger charge is 2.23. The Morgan fingerprint density at radius 2 is 1.76 bits per heavy atom. The molecule has 25 heavy (non-hydrogen) atoms. The molecule has 3 amide bonds. The standard InChI is InChI=1S/C19H14ClN3O2/c20-14-7-5-12(6-8-14)10-23-11-13(15-3-1-2-4-17(15)23)9-16-18(24)22-19(25)21-16/h1-9,11H,10H2,(H2,21,22,24,25)/b16-9-. The van der Waals surface area contributed by atoms with Crippen LogP contribution >= 0.6 is 11.6 Å². The lowest BCUT2D eigenvalue weighted by Gasteiger charge is -2.05. The van der Waals surface area contributed by atoms with Crippen LogP contribution in [0.15, 0.2) is 60.4 Å². The molecule has 0 unspecified atom stereocenters. The quantitative estimate of drug-likeness (QED) is 0.560. The van der Waals surface area contributed by atoms with Gasteiger partial charge in [0.15, 0.2) is 0 Å². The summed E-state index contributed by atoms with van der Waals surface area (Å²) in [6.45, 7) is 0.680. The Morgan fingerprint density at radius 3 is 2.48 bits per heavy atom. The summed E-state index contributed by atoms with van der Waals surface area (Å²) in [6, 6.07) is 15.1. The van der Waals surface area contributed by atoms with E-state index in [0.29, 0.717) is 11.6 Å². The Bertz CT molecular complexity index is 1020. The summed E-state index contributed by atoms with van der Waals surface area (Å²) in [7, 11) is 0. The third kappa shape index (κ3) is 3.02. The first-order chi connectivity index (χ1) is 12.1. The molecule has 3 aromatic rings. The van der Waals surface area contributed by atoms with E-state index in [1.165, 1.54) is 0 Å². The topological polar surface area (TPSA) is 63.1 Å². The molecule has 4 rings (SSSR count). The predicted molar refractivity (Wildman–Crippen MR) is 97.1 cm³/mol. The van der Waals surface area contributed by atoms with Crippen molar-refractivity contribution in [3.05, 3.63) is 76.6 Å². The van der Waals surface area contributed by atoms with Gasteiger partial charge in [-0.2, -0.15) is 0 Å². The fourth-order valence-corrected chi connectivity index (χ4v) is 3.07. The van der Waals surface area contributed by atoms with Gasteiger partial charge >= 0.3 is 6.03 Å². The molecule has 1 aliphatic rings. The highest BCUT2D eigenvalue weighted by atomic mass is 35.5. The van der Waals surface area contributed by atoms with Crippen molar-refractivity contribution in [2.45, 2.75) is 6.54 Å². The molecular weight excluding hydrogens is 338 g/mol. The van der Waals surface area contributed by atoms with Crippen LogP contribution < -0.4 is 10.6 Å². The van der Waals surface area contributed by atoms with E-state index in [0.717, 1.165) is 22.0 Å². The van der Waals surface area contributed by atoms with Crippen LogP contribution in [0.5, 0.6) is 0 Å². The molecular formula is C19H14ClN3O2. The summed E-state index contributed by atoms with van der Waals surface area (Å²) in [6.07, 6.45) is 3.67. The number of fused-ring (bicyclic) bond motifs is 1. The number of hydrogen-bond acceptors (Lipinski definition) is 2. The molecule has 0 saturated carbocycles. The Hall–Kier alpha value is -3.05. The number of halogens is 1. The molecule has 1 fully saturated rings. The van der Waals surface area contributed by atoms with Gasteiger partial charge in [-0.15, -0.1) is 0 Å². The van der Waals surface area contributed by atoms with E-state index in [9.17, 15) is 9.59 Å². The number of nitrogens with one attached hydrogen (secondary N) is 2. The number of urea groups is 1. The van der Waals surface area contributed by atoms with Gasteiger partial charge in [0.25, 0.3) is 5.91 Å². The first kappa shape index (κ1) is 15.5. The van der Waals surface area contributed by atoms with Crippen molar-refractivity contribution in [3.8, 4) is 0 Å². The highest BCUT2D eigenvalue weighted by Crippen LogP contribution is 2.25. The summed E-state index contributed by atoms with van der Waals surface area (Å²) in [5, 5.41) is 6.45. The molecule has 124 valence electrons. The van der Waals surface area contributed by atoms with Gasteiger partial charge in [0.1, 0.15) is 5.70 Å². The van der Waals surface area contributed by atoms with Crippen LogP contribution in [-0.2, 0) is 11.3 Å². The molecule has 2 N–H and O–H groups in total. The lowest BCUT2D eigenvalue weighted by molar-refractivity contribution is -0.115.